The van der Waals surface area contributed by atoms with Crippen molar-refractivity contribution in [3.63, 3.8) is 0 Å². The number of carbonyl (C=O) groups is 1. The highest BCUT2D eigenvalue weighted by Crippen LogP contribution is 2.36. The predicted octanol–water partition coefficient (Wildman–Crippen LogP) is 3.66. The quantitative estimate of drug-likeness (QED) is 0.540. The fourth-order valence-electron chi connectivity index (χ4n) is 5.19. The fourth-order valence-corrected chi connectivity index (χ4v) is 5.45. The molecule has 3 aromatic rings. The molecule has 0 atom stereocenters. The zero-order valence-electron chi connectivity index (χ0n) is 20.0. The van der Waals surface area contributed by atoms with Crippen LogP contribution >= 0.6 is 11.6 Å². The van der Waals surface area contributed by atoms with Crippen molar-refractivity contribution in [1.29, 1.82) is 0 Å². The highest BCUT2D eigenvalue weighted by atomic mass is 35.5. The topological polar surface area (TPSA) is 71.7 Å². The van der Waals surface area contributed by atoms with Crippen LogP contribution in [0.3, 0.4) is 0 Å². The molecule has 1 aromatic heterocycles. The van der Waals surface area contributed by atoms with Gasteiger partial charge < -0.3 is 15.0 Å². The van der Waals surface area contributed by atoms with Gasteiger partial charge in [0.1, 0.15) is 16.3 Å². The number of para-hydroxylation sites is 1. The molecule has 2 saturated heterocycles. The normalized spacial score (nSPS) is 17.9. The van der Waals surface area contributed by atoms with Crippen LogP contribution in [0, 0.1) is 0 Å². The second kappa shape index (κ2) is 9.46. The Kier molecular flexibility index (Phi) is 6.45. The largest absolute Gasteiger partial charge is 0.573 e. The molecule has 196 valence electrons. The summed E-state index contributed by atoms with van der Waals surface area (Å²) in [5, 5.41) is 3.03. The number of nitrogens with zero attached hydrogens (tertiary/aromatic N) is 4. The van der Waals surface area contributed by atoms with Gasteiger partial charge in [-0.2, -0.15) is 0 Å². The Labute approximate surface area is 215 Å². The van der Waals surface area contributed by atoms with Crippen LogP contribution in [0.2, 0.25) is 5.02 Å². The molecule has 8 nitrogen and oxygen atoms in total. The third kappa shape index (κ3) is 4.69. The Balaban J connectivity index is 1.33. The summed E-state index contributed by atoms with van der Waals surface area (Å²) in [6.07, 6.45) is -3.58. The lowest BCUT2D eigenvalue weighted by Gasteiger charge is -2.43. The summed E-state index contributed by atoms with van der Waals surface area (Å²) >= 11 is 6.43. The molecule has 1 N–H and O–H groups in total. The van der Waals surface area contributed by atoms with Crippen LogP contribution in [0.4, 0.5) is 18.9 Å². The van der Waals surface area contributed by atoms with Gasteiger partial charge in [-0.05, 0) is 49.2 Å². The standard InChI is InChI=1S/C25H25ClF3N5O3/c1-31-20(21(26)22(35)34(31)18-7-9-19(10-8-18)37-25(27,28)29)15-32-13-11-24(12-14-32)23(36)30-16-33(24)17-5-3-2-4-6-17/h2-10H,11-16H2,1H3,(H,30,36). The number of nitrogens with one attached hydrogen (secondary N) is 1. The SMILES string of the molecule is Cn1c(CN2CCC3(CC2)C(=O)NCN3c2ccccc2)c(Cl)c(=O)n1-c1ccc(OC(F)(F)F)cc1. The van der Waals surface area contributed by atoms with Gasteiger partial charge in [-0.3, -0.25) is 19.2 Å². The summed E-state index contributed by atoms with van der Waals surface area (Å²) in [5.41, 5.74) is 0.827. The van der Waals surface area contributed by atoms with Gasteiger partial charge in [-0.1, -0.05) is 29.8 Å². The first-order valence-corrected chi connectivity index (χ1v) is 12.1. The van der Waals surface area contributed by atoms with Crippen LogP contribution < -0.4 is 20.5 Å². The van der Waals surface area contributed by atoms with Crippen molar-refractivity contribution in [3.05, 3.63) is 75.7 Å². The highest BCUT2D eigenvalue weighted by Gasteiger charge is 2.50. The van der Waals surface area contributed by atoms with Crippen molar-refractivity contribution < 1.29 is 22.7 Å². The predicted molar refractivity (Wildman–Crippen MR) is 132 cm³/mol. The average molecular weight is 536 g/mol. The second-order valence-electron chi connectivity index (χ2n) is 9.18. The number of piperidine rings is 1. The van der Waals surface area contributed by atoms with Crippen LogP contribution in [-0.4, -0.2) is 51.8 Å². The molecule has 0 saturated carbocycles. The van der Waals surface area contributed by atoms with E-state index < -0.39 is 17.5 Å². The highest BCUT2D eigenvalue weighted by molar-refractivity contribution is 6.31. The van der Waals surface area contributed by atoms with Gasteiger partial charge in [0, 0.05) is 32.4 Å². The lowest BCUT2D eigenvalue weighted by Crippen LogP contribution is -2.56. The van der Waals surface area contributed by atoms with E-state index in [4.69, 9.17) is 11.6 Å². The van der Waals surface area contributed by atoms with Crippen molar-refractivity contribution in [2.75, 3.05) is 24.7 Å². The molecule has 2 aliphatic rings. The monoisotopic (exact) mass is 535 g/mol. The Hall–Kier alpha value is -3.44. The number of hydrogen-bond donors (Lipinski definition) is 1. The van der Waals surface area contributed by atoms with E-state index in [1.54, 1.807) is 11.7 Å². The summed E-state index contributed by atoms with van der Waals surface area (Å²) in [6, 6.07) is 14.8. The molecule has 0 aliphatic carbocycles. The first-order chi connectivity index (χ1) is 17.6. The zero-order chi connectivity index (χ0) is 26.4. The van der Waals surface area contributed by atoms with Gasteiger partial charge in [0.2, 0.25) is 5.91 Å². The third-order valence-electron chi connectivity index (χ3n) is 7.10. The molecule has 1 amide bonds. The Morgan fingerprint density at radius 1 is 1.00 bits per heavy atom. The van der Waals surface area contributed by atoms with E-state index in [2.05, 4.69) is 19.9 Å². The van der Waals surface area contributed by atoms with E-state index in [-0.39, 0.29) is 16.7 Å². The van der Waals surface area contributed by atoms with Gasteiger partial charge in [0.25, 0.3) is 5.56 Å². The van der Waals surface area contributed by atoms with Crippen molar-refractivity contribution >= 4 is 23.2 Å². The van der Waals surface area contributed by atoms with Gasteiger partial charge in [0.05, 0.1) is 18.1 Å². The van der Waals surface area contributed by atoms with Crippen LogP contribution in [0.15, 0.2) is 59.4 Å². The molecule has 2 aromatic carbocycles. The summed E-state index contributed by atoms with van der Waals surface area (Å²) in [7, 11) is 1.68. The van der Waals surface area contributed by atoms with Crippen LogP contribution in [0.5, 0.6) is 5.75 Å². The molecule has 0 radical (unpaired) electrons. The van der Waals surface area contributed by atoms with Gasteiger partial charge in [0.15, 0.2) is 0 Å². The molecule has 0 bridgehead atoms. The maximum Gasteiger partial charge on any atom is 0.573 e. The van der Waals surface area contributed by atoms with E-state index in [0.717, 1.165) is 17.8 Å². The van der Waals surface area contributed by atoms with Crippen LogP contribution in [0.25, 0.3) is 5.69 Å². The lowest BCUT2D eigenvalue weighted by molar-refractivity contribution is -0.274. The smallest absolute Gasteiger partial charge is 0.406 e. The van der Waals surface area contributed by atoms with Gasteiger partial charge >= 0.3 is 6.36 Å². The summed E-state index contributed by atoms with van der Waals surface area (Å²) < 4.78 is 44.2. The fraction of sp³-hybridized carbons (Fsp3) is 0.360. The number of halogens is 4. The van der Waals surface area contributed by atoms with Crippen molar-refractivity contribution in [2.45, 2.75) is 31.3 Å². The number of likely N-dealkylation sites (tertiary alicyclic amines) is 1. The molecular formula is C25H25ClF3N5O3. The maximum absolute atomic E-state index is 12.9. The minimum Gasteiger partial charge on any atom is -0.406 e. The second-order valence-corrected chi connectivity index (χ2v) is 9.56. The van der Waals surface area contributed by atoms with Crippen molar-refractivity contribution in [3.8, 4) is 11.4 Å². The number of benzene rings is 2. The molecule has 2 fully saturated rings. The van der Waals surface area contributed by atoms with Crippen molar-refractivity contribution in [2.24, 2.45) is 7.05 Å². The molecule has 5 rings (SSSR count). The average Bonchev–Trinajstić information content (AvgIpc) is 3.29. The first-order valence-electron chi connectivity index (χ1n) is 11.7. The zero-order valence-corrected chi connectivity index (χ0v) is 20.7. The Morgan fingerprint density at radius 3 is 2.27 bits per heavy atom. The summed E-state index contributed by atoms with van der Waals surface area (Å²) in [5.74, 6) is -0.363. The van der Waals surface area contributed by atoms with Crippen LogP contribution in [-0.2, 0) is 18.4 Å². The number of amides is 1. The first kappa shape index (κ1) is 25.2. The molecule has 1 spiro atoms. The maximum atomic E-state index is 12.9. The molecule has 0 unspecified atom stereocenters. The van der Waals surface area contributed by atoms with Crippen LogP contribution in [0.1, 0.15) is 18.5 Å². The third-order valence-corrected chi connectivity index (χ3v) is 7.48. The van der Waals surface area contributed by atoms with E-state index in [0.29, 0.717) is 50.5 Å². The lowest BCUT2D eigenvalue weighted by atomic mass is 9.85. The minimum atomic E-state index is -4.80. The number of ether oxygens (including phenoxy) is 1. The number of carbonyl (C=O) groups excluding carboxylic acids is 1. The Morgan fingerprint density at radius 2 is 1.65 bits per heavy atom. The minimum absolute atomic E-state index is 0.0190. The number of hydrogen-bond acceptors (Lipinski definition) is 5. The van der Waals surface area contributed by atoms with E-state index >= 15 is 0 Å². The molecule has 12 heteroatoms. The van der Waals surface area contributed by atoms with Gasteiger partial charge in [-0.15, -0.1) is 13.2 Å². The van der Waals surface area contributed by atoms with Gasteiger partial charge in [-0.25, -0.2) is 4.68 Å². The van der Waals surface area contributed by atoms with E-state index in [9.17, 15) is 22.8 Å². The molecule has 3 heterocycles. The number of anilines is 1. The molecule has 37 heavy (non-hydrogen) atoms. The number of alkyl halides is 3. The number of aromatic nitrogens is 2. The summed E-state index contributed by atoms with van der Waals surface area (Å²) in [6.45, 7) is 2.08. The van der Waals surface area contributed by atoms with E-state index in [1.165, 1.54) is 16.8 Å². The van der Waals surface area contributed by atoms with Crippen molar-refractivity contribution in [1.82, 2.24) is 19.6 Å². The van der Waals surface area contributed by atoms with E-state index in [1.807, 2.05) is 30.3 Å². The number of rotatable bonds is 5. The molecular weight excluding hydrogens is 511 g/mol. The molecule has 2 aliphatic heterocycles. The Bertz CT molecular complexity index is 1350. The summed E-state index contributed by atoms with van der Waals surface area (Å²) in [4.78, 5) is 30.1.